The van der Waals surface area contributed by atoms with E-state index in [9.17, 15) is 19.8 Å². The minimum Gasteiger partial charge on any atom is -0.545 e. The average molecular weight is 479 g/mol. The van der Waals surface area contributed by atoms with Crippen LogP contribution in [0, 0.1) is 0 Å². The smallest absolute Gasteiger partial charge is 0.545 e. The molecule has 0 N–H and O–H groups in total. The van der Waals surface area contributed by atoms with Crippen molar-refractivity contribution in [3.63, 3.8) is 0 Å². The van der Waals surface area contributed by atoms with Crippen molar-refractivity contribution in [2.75, 3.05) is 0 Å². The van der Waals surface area contributed by atoms with Gasteiger partial charge < -0.3 is 29.3 Å². The Morgan fingerprint density at radius 1 is 0.514 bits per heavy atom. The molecule has 35 heavy (non-hydrogen) atoms. The fourth-order valence-corrected chi connectivity index (χ4v) is 2.99. The molecular formula is C28H22MgO6. The molecule has 0 aliphatic heterocycles. The van der Waals surface area contributed by atoms with Crippen LogP contribution in [-0.4, -0.2) is 35.0 Å². The molecule has 0 radical (unpaired) electrons. The Morgan fingerprint density at radius 3 is 1.17 bits per heavy atom. The summed E-state index contributed by atoms with van der Waals surface area (Å²) < 4.78 is 10.9. The fourth-order valence-electron chi connectivity index (χ4n) is 2.99. The van der Waals surface area contributed by atoms with Crippen molar-refractivity contribution < 1.29 is 29.3 Å². The first-order chi connectivity index (χ1) is 16.5. The zero-order chi connectivity index (χ0) is 24.2. The number of carboxylic acids is 2. The van der Waals surface area contributed by atoms with Gasteiger partial charge in [0.1, 0.15) is 24.7 Å². The van der Waals surface area contributed by atoms with Gasteiger partial charge in [-0.05, 0) is 35.4 Å². The molecule has 7 heteroatoms. The van der Waals surface area contributed by atoms with E-state index >= 15 is 0 Å². The van der Waals surface area contributed by atoms with Crippen LogP contribution < -0.4 is 19.7 Å². The van der Waals surface area contributed by atoms with Gasteiger partial charge in [0.05, 0.1) is 11.9 Å². The Kier molecular flexibility index (Phi) is 11.3. The maximum atomic E-state index is 10.8. The first-order valence-corrected chi connectivity index (χ1v) is 10.5. The number of rotatable bonds is 8. The molecule has 4 aromatic rings. The number of para-hydroxylation sites is 2. The summed E-state index contributed by atoms with van der Waals surface area (Å²) in [5.74, 6) is -1.80. The molecule has 0 bridgehead atoms. The van der Waals surface area contributed by atoms with E-state index < -0.39 is 11.9 Å². The standard InChI is InChI=1S/2C14H12O3.Mg/c2*15-14(16)12-8-4-5-9-13(12)17-10-11-6-2-1-3-7-11;/h2*1-9H,10H2,(H,15,16);/q;;+2/p-2. The predicted molar refractivity (Wildman–Crippen MR) is 129 cm³/mol. The number of hydrogen-bond acceptors (Lipinski definition) is 6. The van der Waals surface area contributed by atoms with Crippen LogP contribution in [0.1, 0.15) is 31.8 Å². The molecule has 0 saturated heterocycles. The molecule has 0 aromatic heterocycles. The second-order valence-corrected chi connectivity index (χ2v) is 7.12. The van der Waals surface area contributed by atoms with Crippen LogP contribution in [0.3, 0.4) is 0 Å². The van der Waals surface area contributed by atoms with Crippen molar-refractivity contribution in [3.05, 3.63) is 131 Å². The van der Waals surface area contributed by atoms with E-state index in [1.165, 1.54) is 12.1 Å². The first kappa shape index (κ1) is 27.4. The number of carbonyl (C=O) groups excluding carboxylic acids is 2. The third-order valence-corrected chi connectivity index (χ3v) is 4.69. The van der Waals surface area contributed by atoms with Gasteiger partial charge in [0.25, 0.3) is 0 Å². The molecule has 0 atom stereocenters. The minimum atomic E-state index is -1.23. The Balaban J connectivity index is 0.000000240. The van der Waals surface area contributed by atoms with Gasteiger partial charge >= 0.3 is 23.1 Å². The summed E-state index contributed by atoms with van der Waals surface area (Å²) >= 11 is 0. The molecule has 172 valence electrons. The third kappa shape index (κ3) is 8.81. The second kappa shape index (κ2) is 14.4. The van der Waals surface area contributed by atoms with Crippen molar-refractivity contribution >= 4 is 35.0 Å². The van der Waals surface area contributed by atoms with Gasteiger partial charge in [0.2, 0.25) is 0 Å². The summed E-state index contributed by atoms with van der Waals surface area (Å²) in [6.07, 6.45) is 0. The van der Waals surface area contributed by atoms with Gasteiger partial charge in [-0.15, -0.1) is 0 Å². The van der Waals surface area contributed by atoms with E-state index in [-0.39, 0.29) is 34.2 Å². The SMILES string of the molecule is O=C([O-])c1ccccc1OCc1ccccc1.O=C([O-])c1ccccc1OCc1ccccc1.[Mg+2]. The molecule has 4 rings (SSSR count). The quantitative estimate of drug-likeness (QED) is 0.361. The minimum absolute atomic E-state index is 0. The van der Waals surface area contributed by atoms with E-state index in [1.54, 1.807) is 36.4 Å². The van der Waals surface area contributed by atoms with Gasteiger partial charge in [-0.25, -0.2) is 0 Å². The normalized spacial score (nSPS) is 9.60. The summed E-state index contributed by atoms with van der Waals surface area (Å²) in [6, 6.07) is 32.0. The summed E-state index contributed by atoms with van der Waals surface area (Å²) in [7, 11) is 0. The number of aromatic carboxylic acids is 2. The summed E-state index contributed by atoms with van der Waals surface area (Å²) in [5.41, 5.74) is 2.12. The van der Waals surface area contributed by atoms with Crippen molar-refractivity contribution in [3.8, 4) is 11.5 Å². The molecular weight excluding hydrogens is 457 g/mol. The van der Waals surface area contributed by atoms with E-state index in [0.717, 1.165) is 11.1 Å². The number of ether oxygens (including phenoxy) is 2. The van der Waals surface area contributed by atoms with E-state index in [4.69, 9.17) is 9.47 Å². The molecule has 0 spiro atoms. The summed E-state index contributed by atoms with van der Waals surface area (Å²) in [6.45, 7) is 0.677. The molecule has 0 unspecified atom stereocenters. The summed E-state index contributed by atoms with van der Waals surface area (Å²) in [5, 5.41) is 21.7. The molecule has 0 aliphatic carbocycles. The Labute approximate surface area is 219 Å². The monoisotopic (exact) mass is 478 g/mol. The van der Waals surface area contributed by atoms with Crippen molar-refractivity contribution in [1.82, 2.24) is 0 Å². The average Bonchev–Trinajstić information content (AvgIpc) is 2.88. The molecule has 0 saturated carbocycles. The fraction of sp³-hybridized carbons (Fsp3) is 0.0714. The number of benzene rings is 4. The van der Waals surface area contributed by atoms with Gasteiger partial charge in [-0.2, -0.15) is 0 Å². The van der Waals surface area contributed by atoms with Crippen LogP contribution >= 0.6 is 0 Å². The topological polar surface area (TPSA) is 98.7 Å². The molecule has 0 aliphatic rings. The number of carbonyl (C=O) groups is 2. The van der Waals surface area contributed by atoms with Gasteiger partial charge in [-0.3, -0.25) is 0 Å². The molecule has 4 aromatic carbocycles. The van der Waals surface area contributed by atoms with Crippen LogP contribution in [0.4, 0.5) is 0 Å². The molecule has 0 amide bonds. The van der Waals surface area contributed by atoms with Crippen molar-refractivity contribution in [1.29, 1.82) is 0 Å². The van der Waals surface area contributed by atoms with Crippen LogP contribution in [0.25, 0.3) is 0 Å². The zero-order valence-corrected chi connectivity index (χ0v) is 20.4. The van der Waals surface area contributed by atoms with E-state index in [2.05, 4.69) is 0 Å². The second-order valence-electron chi connectivity index (χ2n) is 7.12. The number of carboxylic acid groups (broad SMARTS) is 2. The van der Waals surface area contributed by atoms with Gasteiger partial charge in [0, 0.05) is 11.1 Å². The zero-order valence-electron chi connectivity index (χ0n) is 19.0. The van der Waals surface area contributed by atoms with Crippen LogP contribution in [0.15, 0.2) is 109 Å². The maximum absolute atomic E-state index is 10.8. The van der Waals surface area contributed by atoms with Crippen molar-refractivity contribution in [2.45, 2.75) is 13.2 Å². The largest absolute Gasteiger partial charge is 2.00 e. The maximum Gasteiger partial charge on any atom is 2.00 e. The Morgan fingerprint density at radius 2 is 0.829 bits per heavy atom. The number of hydrogen-bond donors (Lipinski definition) is 0. The predicted octanol–water partition coefficient (Wildman–Crippen LogP) is 2.88. The molecule has 0 heterocycles. The van der Waals surface area contributed by atoms with E-state index in [1.807, 2.05) is 60.7 Å². The summed E-state index contributed by atoms with van der Waals surface area (Å²) in [4.78, 5) is 21.7. The third-order valence-electron chi connectivity index (χ3n) is 4.69. The first-order valence-electron chi connectivity index (χ1n) is 10.5. The van der Waals surface area contributed by atoms with Crippen LogP contribution in [-0.2, 0) is 13.2 Å². The molecule has 0 fully saturated rings. The van der Waals surface area contributed by atoms with Crippen molar-refractivity contribution in [2.24, 2.45) is 0 Å². The van der Waals surface area contributed by atoms with Gasteiger partial charge in [-0.1, -0.05) is 84.9 Å². The Hall–Kier alpha value is -3.81. The van der Waals surface area contributed by atoms with Crippen LogP contribution in [0.2, 0.25) is 0 Å². The van der Waals surface area contributed by atoms with E-state index in [0.29, 0.717) is 24.7 Å². The Bertz CT molecular complexity index is 1120. The van der Waals surface area contributed by atoms with Gasteiger partial charge in [0.15, 0.2) is 0 Å². The molecule has 6 nitrogen and oxygen atoms in total. The van der Waals surface area contributed by atoms with Crippen LogP contribution in [0.5, 0.6) is 11.5 Å².